The number of ether oxygens (including phenoxy) is 1. The summed E-state index contributed by atoms with van der Waals surface area (Å²) < 4.78 is 4.96. The average molecular weight is 225 g/mol. The summed E-state index contributed by atoms with van der Waals surface area (Å²) in [6.45, 7) is 8.81. The Morgan fingerprint density at radius 2 is 1.94 bits per heavy atom. The highest BCUT2D eigenvalue weighted by atomic mass is 16.6. The standard InChI is InChI=1S/C12H19NO3/c1-7(2)11(14)10(9-5-6-9)13-12(15)16-8(3)4/h8-10H,1,5-6H2,2-4H3,(H,13,15). The molecule has 1 unspecified atom stereocenters. The number of rotatable bonds is 5. The largest absolute Gasteiger partial charge is 0.447 e. The number of Topliss-reactive ketones (excluding diaryl/α,β-unsaturated/α-hetero) is 1. The fraction of sp³-hybridized carbons (Fsp3) is 0.667. The highest BCUT2D eigenvalue weighted by molar-refractivity contribution is 6.00. The van der Waals surface area contributed by atoms with Crippen LogP contribution in [0.15, 0.2) is 12.2 Å². The summed E-state index contributed by atoms with van der Waals surface area (Å²) in [6, 6.07) is -0.455. The Hall–Kier alpha value is -1.32. The van der Waals surface area contributed by atoms with E-state index in [1.807, 2.05) is 0 Å². The fourth-order valence-corrected chi connectivity index (χ4v) is 1.47. The van der Waals surface area contributed by atoms with Gasteiger partial charge >= 0.3 is 6.09 Å². The fourth-order valence-electron chi connectivity index (χ4n) is 1.47. The number of nitrogens with one attached hydrogen (secondary N) is 1. The Labute approximate surface area is 96.0 Å². The third kappa shape index (κ3) is 3.68. The summed E-state index contributed by atoms with van der Waals surface area (Å²) in [5.74, 6) is 0.159. The monoisotopic (exact) mass is 225 g/mol. The summed E-state index contributed by atoms with van der Waals surface area (Å²) in [7, 11) is 0. The van der Waals surface area contributed by atoms with E-state index in [1.165, 1.54) is 0 Å². The van der Waals surface area contributed by atoms with Crippen molar-refractivity contribution < 1.29 is 14.3 Å². The van der Waals surface area contributed by atoms with Crippen LogP contribution in [0.1, 0.15) is 33.6 Å². The molecule has 1 rings (SSSR count). The minimum absolute atomic E-state index is 0.0943. The third-order valence-corrected chi connectivity index (χ3v) is 2.41. The normalized spacial score (nSPS) is 16.8. The Bertz CT molecular complexity index is 305. The van der Waals surface area contributed by atoms with E-state index in [4.69, 9.17) is 4.74 Å². The summed E-state index contributed by atoms with van der Waals surface area (Å²) in [4.78, 5) is 23.2. The number of ketones is 1. The molecule has 4 nitrogen and oxygen atoms in total. The van der Waals surface area contributed by atoms with Crippen molar-refractivity contribution in [3.63, 3.8) is 0 Å². The molecule has 0 saturated heterocycles. The smallest absolute Gasteiger partial charge is 0.407 e. The second-order valence-corrected chi connectivity index (χ2v) is 4.56. The predicted octanol–water partition coefficient (Wildman–Crippen LogP) is 2.04. The second kappa shape index (κ2) is 5.14. The van der Waals surface area contributed by atoms with E-state index in [9.17, 15) is 9.59 Å². The van der Waals surface area contributed by atoms with Crippen LogP contribution in [0.2, 0.25) is 0 Å². The molecular weight excluding hydrogens is 206 g/mol. The molecule has 0 spiro atoms. The van der Waals surface area contributed by atoms with E-state index >= 15 is 0 Å². The van der Waals surface area contributed by atoms with E-state index in [2.05, 4.69) is 11.9 Å². The van der Waals surface area contributed by atoms with Crippen molar-refractivity contribution in [3.8, 4) is 0 Å². The minimum atomic E-state index is -0.526. The van der Waals surface area contributed by atoms with E-state index < -0.39 is 12.1 Å². The number of hydrogen-bond donors (Lipinski definition) is 1. The van der Waals surface area contributed by atoms with Crippen molar-refractivity contribution >= 4 is 11.9 Å². The molecule has 0 aromatic rings. The van der Waals surface area contributed by atoms with Gasteiger partial charge in [-0.25, -0.2) is 4.79 Å². The third-order valence-electron chi connectivity index (χ3n) is 2.41. The van der Waals surface area contributed by atoms with Crippen LogP contribution in [0.3, 0.4) is 0 Å². The Kier molecular flexibility index (Phi) is 4.10. The molecule has 1 amide bonds. The van der Waals surface area contributed by atoms with Gasteiger partial charge in [0.05, 0.1) is 12.1 Å². The van der Waals surface area contributed by atoms with Crippen molar-refractivity contribution in [3.05, 3.63) is 12.2 Å². The first-order chi connectivity index (χ1) is 7.41. The van der Waals surface area contributed by atoms with Crippen molar-refractivity contribution in [2.75, 3.05) is 0 Å². The van der Waals surface area contributed by atoms with E-state index in [0.717, 1.165) is 12.8 Å². The summed E-state index contributed by atoms with van der Waals surface area (Å²) in [6.07, 6.45) is 1.25. The highest BCUT2D eigenvalue weighted by Crippen LogP contribution is 2.33. The maximum absolute atomic E-state index is 11.8. The van der Waals surface area contributed by atoms with Gasteiger partial charge in [-0.3, -0.25) is 4.79 Å². The SMILES string of the molecule is C=C(C)C(=O)C(NC(=O)OC(C)C)C1CC1. The van der Waals surface area contributed by atoms with Crippen LogP contribution in [-0.2, 0) is 9.53 Å². The van der Waals surface area contributed by atoms with E-state index in [1.54, 1.807) is 20.8 Å². The summed E-state index contributed by atoms with van der Waals surface area (Å²) in [5.41, 5.74) is 0.474. The minimum Gasteiger partial charge on any atom is -0.447 e. The molecule has 1 aliphatic rings. The summed E-state index contributed by atoms with van der Waals surface area (Å²) in [5, 5.41) is 2.62. The first kappa shape index (κ1) is 12.7. The first-order valence-corrected chi connectivity index (χ1v) is 5.58. The molecule has 1 saturated carbocycles. The predicted molar refractivity (Wildman–Crippen MR) is 61.1 cm³/mol. The van der Waals surface area contributed by atoms with Gasteiger partial charge in [-0.1, -0.05) is 6.58 Å². The first-order valence-electron chi connectivity index (χ1n) is 5.58. The maximum atomic E-state index is 11.8. The average Bonchev–Trinajstić information content (AvgIpc) is 2.94. The van der Waals surface area contributed by atoms with Crippen LogP contribution < -0.4 is 5.32 Å². The Morgan fingerprint density at radius 3 is 2.31 bits per heavy atom. The number of carbonyl (C=O) groups excluding carboxylic acids is 2. The summed E-state index contributed by atoms with van der Waals surface area (Å²) >= 11 is 0. The Balaban J connectivity index is 2.55. The van der Waals surface area contributed by atoms with Gasteiger partial charge in [-0.2, -0.15) is 0 Å². The topological polar surface area (TPSA) is 55.4 Å². The molecule has 1 atom stereocenters. The molecule has 90 valence electrons. The van der Waals surface area contributed by atoms with Gasteiger partial charge in [0.15, 0.2) is 5.78 Å². The van der Waals surface area contributed by atoms with Gasteiger partial charge in [0.25, 0.3) is 0 Å². The van der Waals surface area contributed by atoms with Gasteiger partial charge in [0.1, 0.15) is 0 Å². The molecule has 0 aromatic carbocycles. The molecule has 1 N–H and O–H groups in total. The lowest BCUT2D eigenvalue weighted by atomic mass is 10.0. The molecule has 0 aromatic heterocycles. The van der Waals surface area contributed by atoms with Gasteiger partial charge < -0.3 is 10.1 Å². The van der Waals surface area contributed by atoms with Gasteiger partial charge in [-0.15, -0.1) is 0 Å². The van der Waals surface area contributed by atoms with E-state index in [-0.39, 0.29) is 17.8 Å². The van der Waals surface area contributed by atoms with Crippen LogP contribution in [0, 0.1) is 5.92 Å². The van der Waals surface area contributed by atoms with Crippen molar-refractivity contribution in [2.45, 2.75) is 45.8 Å². The molecule has 1 aliphatic carbocycles. The highest BCUT2D eigenvalue weighted by Gasteiger charge is 2.37. The number of amides is 1. The lowest BCUT2D eigenvalue weighted by Crippen LogP contribution is -2.43. The van der Waals surface area contributed by atoms with Crippen LogP contribution in [-0.4, -0.2) is 24.0 Å². The van der Waals surface area contributed by atoms with Gasteiger partial charge in [0.2, 0.25) is 0 Å². The van der Waals surface area contributed by atoms with Crippen molar-refractivity contribution in [2.24, 2.45) is 5.92 Å². The molecule has 4 heteroatoms. The molecule has 0 radical (unpaired) electrons. The second-order valence-electron chi connectivity index (χ2n) is 4.56. The zero-order chi connectivity index (χ0) is 12.3. The van der Waals surface area contributed by atoms with Crippen LogP contribution >= 0.6 is 0 Å². The van der Waals surface area contributed by atoms with Gasteiger partial charge in [-0.05, 0) is 45.1 Å². The molecule has 0 heterocycles. The molecule has 0 bridgehead atoms. The zero-order valence-corrected chi connectivity index (χ0v) is 10.1. The van der Waals surface area contributed by atoms with Crippen LogP contribution in [0.25, 0.3) is 0 Å². The lowest BCUT2D eigenvalue weighted by Gasteiger charge is -2.18. The molecule has 0 aliphatic heterocycles. The number of alkyl carbamates (subject to hydrolysis) is 1. The van der Waals surface area contributed by atoms with Crippen LogP contribution in [0.4, 0.5) is 4.79 Å². The number of hydrogen-bond acceptors (Lipinski definition) is 3. The maximum Gasteiger partial charge on any atom is 0.407 e. The molecule has 1 fully saturated rings. The Morgan fingerprint density at radius 1 is 1.38 bits per heavy atom. The van der Waals surface area contributed by atoms with Crippen molar-refractivity contribution in [1.29, 1.82) is 0 Å². The van der Waals surface area contributed by atoms with Gasteiger partial charge in [0, 0.05) is 0 Å². The lowest BCUT2D eigenvalue weighted by molar-refractivity contribution is -0.117. The van der Waals surface area contributed by atoms with Crippen LogP contribution in [0.5, 0.6) is 0 Å². The quantitative estimate of drug-likeness (QED) is 0.728. The number of carbonyl (C=O) groups is 2. The molecule has 16 heavy (non-hydrogen) atoms. The molecular formula is C12H19NO3. The zero-order valence-electron chi connectivity index (χ0n) is 10.1. The van der Waals surface area contributed by atoms with Crippen molar-refractivity contribution in [1.82, 2.24) is 5.32 Å². The van der Waals surface area contributed by atoms with E-state index in [0.29, 0.717) is 5.57 Å².